The fourth-order valence-electron chi connectivity index (χ4n) is 2.97. The molecule has 0 spiro atoms. The van der Waals surface area contributed by atoms with E-state index in [1.54, 1.807) is 6.92 Å². The smallest absolute Gasteiger partial charge is 0.357 e. The zero-order valence-corrected chi connectivity index (χ0v) is 18.0. The van der Waals surface area contributed by atoms with Gasteiger partial charge in [0, 0.05) is 23.5 Å². The van der Waals surface area contributed by atoms with E-state index in [-0.39, 0.29) is 34.8 Å². The summed E-state index contributed by atoms with van der Waals surface area (Å²) in [6.07, 6.45) is 1.13. The summed E-state index contributed by atoms with van der Waals surface area (Å²) < 4.78 is 31.9. The number of piperidine rings is 1. The van der Waals surface area contributed by atoms with E-state index in [2.05, 4.69) is 10.3 Å². The van der Waals surface area contributed by atoms with Crippen molar-refractivity contribution in [2.24, 2.45) is 5.92 Å². The standard InChI is InChI=1S/C18H20ClN3O5S2/c1-2-27-17(24)15-11-28-18(20-15)21-16(23)12-4-3-9-22(10-12)29(25,26)14-7-5-13(19)6-8-14/h5-8,11-12H,2-4,9-10H2,1H3,(H,20,21,23). The summed E-state index contributed by atoms with van der Waals surface area (Å²) in [5.41, 5.74) is 0.128. The Morgan fingerprint density at radius 3 is 2.76 bits per heavy atom. The Hall–Kier alpha value is -2.01. The van der Waals surface area contributed by atoms with Crippen molar-refractivity contribution in [2.45, 2.75) is 24.7 Å². The van der Waals surface area contributed by atoms with Gasteiger partial charge in [-0.15, -0.1) is 11.3 Å². The minimum Gasteiger partial charge on any atom is -0.461 e. The number of nitrogens with zero attached hydrogens (tertiary/aromatic N) is 2. The molecular formula is C18H20ClN3O5S2. The number of nitrogens with one attached hydrogen (secondary N) is 1. The Kier molecular flexibility index (Phi) is 6.89. The third kappa shape index (κ3) is 5.13. The van der Waals surface area contributed by atoms with E-state index in [9.17, 15) is 18.0 Å². The van der Waals surface area contributed by atoms with Crippen molar-refractivity contribution in [3.8, 4) is 0 Å². The van der Waals surface area contributed by atoms with Gasteiger partial charge in [0.05, 0.1) is 17.4 Å². The van der Waals surface area contributed by atoms with Crippen molar-refractivity contribution in [1.29, 1.82) is 0 Å². The van der Waals surface area contributed by atoms with Crippen LogP contribution in [0.25, 0.3) is 0 Å². The Bertz CT molecular complexity index is 991. The van der Waals surface area contributed by atoms with Gasteiger partial charge in [-0.05, 0) is 44.0 Å². The zero-order chi connectivity index (χ0) is 21.0. The van der Waals surface area contributed by atoms with Crippen LogP contribution in [0.3, 0.4) is 0 Å². The van der Waals surface area contributed by atoms with Crippen molar-refractivity contribution in [3.05, 3.63) is 40.4 Å². The lowest BCUT2D eigenvalue weighted by Crippen LogP contribution is -2.43. The third-order valence-electron chi connectivity index (χ3n) is 4.43. The van der Waals surface area contributed by atoms with Gasteiger partial charge in [-0.3, -0.25) is 4.79 Å². The lowest BCUT2D eigenvalue weighted by molar-refractivity contribution is -0.120. The number of sulfonamides is 1. The maximum Gasteiger partial charge on any atom is 0.357 e. The topological polar surface area (TPSA) is 106 Å². The molecule has 1 aliphatic rings. The molecule has 2 aromatic rings. The molecule has 1 aliphatic heterocycles. The van der Waals surface area contributed by atoms with Gasteiger partial charge in [0.1, 0.15) is 0 Å². The number of hydrogen-bond donors (Lipinski definition) is 1. The molecule has 0 aliphatic carbocycles. The number of hydrogen-bond acceptors (Lipinski definition) is 7. The minimum absolute atomic E-state index is 0.0763. The summed E-state index contributed by atoms with van der Waals surface area (Å²) in [6, 6.07) is 5.94. The molecule has 1 aromatic heterocycles. The second kappa shape index (κ2) is 9.21. The molecule has 0 radical (unpaired) electrons. The molecule has 1 saturated heterocycles. The normalized spacial score (nSPS) is 17.7. The second-order valence-corrected chi connectivity index (χ2v) is 9.64. The van der Waals surface area contributed by atoms with Gasteiger partial charge >= 0.3 is 5.97 Å². The molecule has 1 amide bonds. The van der Waals surface area contributed by atoms with Gasteiger partial charge in [-0.2, -0.15) is 4.31 Å². The van der Waals surface area contributed by atoms with E-state index in [1.807, 2.05) is 0 Å². The first-order chi connectivity index (χ1) is 13.8. The molecule has 0 saturated carbocycles. The highest BCUT2D eigenvalue weighted by Crippen LogP contribution is 2.26. The van der Waals surface area contributed by atoms with Crippen LogP contribution in [0.5, 0.6) is 0 Å². The number of rotatable bonds is 6. The lowest BCUT2D eigenvalue weighted by Gasteiger charge is -2.31. The van der Waals surface area contributed by atoms with Crippen LogP contribution in [0.15, 0.2) is 34.5 Å². The maximum absolute atomic E-state index is 12.9. The van der Waals surface area contributed by atoms with Crippen molar-refractivity contribution >= 4 is 50.0 Å². The van der Waals surface area contributed by atoms with Crippen molar-refractivity contribution < 1.29 is 22.7 Å². The average Bonchev–Trinajstić information content (AvgIpc) is 3.17. The first kappa shape index (κ1) is 21.7. The van der Waals surface area contributed by atoms with E-state index in [0.29, 0.717) is 24.4 Å². The molecule has 3 rings (SSSR count). The van der Waals surface area contributed by atoms with Gasteiger partial charge in [0.25, 0.3) is 0 Å². The molecular weight excluding hydrogens is 438 g/mol. The monoisotopic (exact) mass is 457 g/mol. The van der Waals surface area contributed by atoms with E-state index < -0.39 is 21.9 Å². The van der Waals surface area contributed by atoms with Gasteiger partial charge in [-0.1, -0.05) is 11.6 Å². The Morgan fingerprint density at radius 2 is 2.07 bits per heavy atom. The molecule has 1 N–H and O–H groups in total. The number of benzene rings is 1. The largest absolute Gasteiger partial charge is 0.461 e. The third-order valence-corrected chi connectivity index (χ3v) is 7.31. The van der Waals surface area contributed by atoms with Crippen LogP contribution >= 0.6 is 22.9 Å². The van der Waals surface area contributed by atoms with Gasteiger partial charge in [-0.25, -0.2) is 18.2 Å². The van der Waals surface area contributed by atoms with Crippen LogP contribution in [0.4, 0.5) is 5.13 Å². The Balaban J connectivity index is 1.66. The first-order valence-corrected chi connectivity index (χ1v) is 11.7. The van der Waals surface area contributed by atoms with Crippen molar-refractivity contribution in [1.82, 2.24) is 9.29 Å². The maximum atomic E-state index is 12.9. The predicted molar refractivity (Wildman–Crippen MR) is 110 cm³/mol. The molecule has 0 bridgehead atoms. The Labute approximate surface area is 177 Å². The number of esters is 1. The average molecular weight is 458 g/mol. The highest BCUT2D eigenvalue weighted by Gasteiger charge is 2.33. The summed E-state index contributed by atoms with van der Waals surface area (Å²) in [6.45, 7) is 2.35. The van der Waals surface area contributed by atoms with Gasteiger partial charge < -0.3 is 10.1 Å². The number of halogens is 1. The molecule has 1 atom stereocenters. The SMILES string of the molecule is CCOC(=O)c1csc(NC(=O)C2CCCN(S(=O)(=O)c3ccc(Cl)cc3)C2)n1. The highest BCUT2D eigenvalue weighted by atomic mass is 35.5. The molecule has 1 unspecified atom stereocenters. The first-order valence-electron chi connectivity index (χ1n) is 9.00. The van der Waals surface area contributed by atoms with E-state index in [0.717, 1.165) is 11.3 Å². The summed E-state index contributed by atoms with van der Waals surface area (Å²) in [5.74, 6) is -1.39. The fourth-order valence-corrected chi connectivity index (χ4v) is 5.30. The van der Waals surface area contributed by atoms with Crippen LogP contribution in [0, 0.1) is 5.92 Å². The number of carbonyl (C=O) groups is 2. The van der Waals surface area contributed by atoms with Crippen LogP contribution in [0.1, 0.15) is 30.3 Å². The van der Waals surface area contributed by atoms with Crippen LogP contribution in [-0.4, -0.2) is 49.3 Å². The van der Waals surface area contributed by atoms with Crippen LogP contribution < -0.4 is 5.32 Å². The summed E-state index contributed by atoms with van der Waals surface area (Å²) in [5, 5.41) is 4.90. The number of amides is 1. The van der Waals surface area contributed by atoms with Crippen molar-refractivity contribution in [2.75, 3.05) is 25.0 Å². The molecule has 29 heavy (non-hydrogen) atoms. The van der Waals surface area contributed by atoms with Crippen LogP contribution in [0.2, 0.25) is 5.02 Å². The quantitative estimate of drug-likeness (QED) is 0.668. The number of thiazole rings is 1. The van der Waals surface area contributed by atoms with E-state index >= 15 is 0 Å². The lowest BCUT2D eigenvalue weighted by atomic mass is 9.99. The van der Waals surface area contributed by atoms with E-state index in [1.165, 1.54) is 34.0 Å². The minimum atomic E-state index is -3.71. The summed E-state index contributed by atoms with van der Waals surface area (Å²) >= 11 is 6.95. The Morgan fingerprint density at radius 1 is 1.34 bits per heavy atom. The van der Waals surface area contributed by atoms with Crippen LogP contribution in [-0.2, 0) is 19.6 Å². The number of aromatic nitrogens is 1. The molecule has 8 nitrogen and oxygen atoms in total. The fraction of sp³-hybridized carbons (Fsp3) is 0.389. The molecule has 11 heteroatoms. The second-order valence-electron chi connectivity index (χ2n) is 6.40. The number of anilines is 1. The molecule has 2 heterocycles. The summed E-state index contributed by atoms with van der Waals surface area (Å²) in [4.78, 5) is 28.5. The predicted octanol–water partition coefficient (Wildman–Crippen LogP) is 3.01. The van der Waals surface area contributed by atoms with E-state index in [4.69, 9.17) is 16.3 Å². The molecule has 1 aromatic carbocycles. The molecule has 1 fully saturated rings. The van der Waals surface area contributed by atoms with Gasteiger partial charge in [0.2, 0.25) is 15.9 Å². The van der Waals surface area contributed by atoms with Gasteiger partial charge in [0.15, 0.2) is 10.8 Å². The zero-order valence-electron chi connectivity index (χ0n) is 15.6. The van der Waals surface area contributed by atoms with Crippen molar-refractivity contribution in [3.63, 3.8) is 0 Å². The summed E-state index contributed by atoms with van der Waals surface area (Å²) in [7, 11) is -3.71. The number of ether oxygens (including phenoxy) is 1. The molecule has 156 valence electrons. The number of carbonyl (C=O) groups excluding carboxylic acids is 2. The highest BCUT2D eigenvalue weighted by molar-refractivity contribution is 7.89.